The standard InChI is InChI=1S/C25H28N2O5S/c1-18-10-12-21(13-11-18)27(17-25(28)26-19(2)20-8-6-5-7-9-20)33(29,30)22-14-15-23(31-3)24(16-22)32-4/h5-16,19H,17H2,1-4H3,(H,26,28). The lowest BCUT2D eigenvalue weighted by Gasteiger charge is -2.25. The molecule has 0 radical (unpaired) electrons. The SMILES string of the molecule is COc1ccc(S(=O)(=O)N(CC(=O)NC(C)c2ccccc2)c2ccc(C)cc2)cc1OC. The predicted molar refractivity (Wildman–Crippen MR) is 128 cm³/mol. The van der Waals surface area contributed by atoms with Crippen LogP contribution in [0.5, 0.6) is 11.5 Å². The zero-order chi connectivity index (χ0) is 24.0. The maximum absolute atomic E-state index is 13.6. The first kappa shape index (κ1) is 24.1. The molecule has 0 bridgehead atoms. The molecular formula is C25H28N2O5S. The van der Waals surface area contributed by atoms with Crippen LogP contribution >= 0.6 is 0 Å². The number of nitrogens with zero attached hydrogens (tertiary/aromatic N) is 1. The van der Waals surface area contributed by atoms with Gasteiger partial charge >= 0.3 is 0 Å². The monoisotopic (exact) mass is 468 g/mol. The van der Waals surface area contributed by atoms with Crippen molar-refractivity contribution in [1.29, 1.82) is 0 Å². The van der Waals surface area contributed by atoms with E-state index >= 15 is 0 Å². The van der Waals surface area contributed by atoms with Crippen molar-refractivity contribution in [1.82, 2.24) is 5.32 Å². The molecule has 33 heavy (non-hydrogen) atoms. The second-order valence-electron chi connectivity index (χ2n) is 7.56. The van der Waals surface area contributed by atoms with Crippen molar-refractivity contribution in [3.63, 3.8) is 0 Å². The third kappa shape index (κ3) is 5.64. The van der Waals surface area contributed by atoms with Crippen molar-refractivity contribution < 1.29 is 22.7 Å². The van der Waals surface area contributed by atoms with Gasteiger partial charge in [-0.2, -0.15) is 0 Å². The Balaban J connectivity index is 1.94. The third-order valence-corrected chi connectivity index (χ3v) is 7.00. The Bertz CT molecular complexity index is 1200. The highest BCUT2D eigenvalue weighted by Crippen LogP contribution is 2.32. The second kappa shape index (κ2) is 10.4. The Morgan fingerprint density at radius 2 is 1.58 bits per heavy atom. The van der Waals surface area contributed by atoms with Crippen LogP contribution in [0.3, 0.4) is 0 Å². The molecule has 1 amide bonds. The molecule has 0 spiro atoms. The van der Waals surface area contributed by atoms with Gasteiger partial charge in [0.25, 0.3) is 10.0 Å². The first-order chi connectivity index (χ1) is 15.8. The van der Waals surface area contributed by atoms with E-state index in [4.69, 9.17) is 9.47 Å². The van der Waals surface area contributed by atoms with Crippen molar-refractivity contribution in [2.45, 2.75) is 24.8 Å². The van der Waals surface area contributed by atoms with Gasteiger partial charge < -0.3 is 14.8 Å². The molecule has 1 unspecified atom stereocenters. The van der Waals surface area contributed by atoms with Gasteiger partial charge in [-0.15, -0.1) is 0 Å². The van der Waals surface area contributed by atoms with Gasteiger partial charge in [0.2, 0.25) is 5.91 Å². The summed E-state index contributed by atoms with van der Waals surface area (Å²) in [7, 11) is -1.17. The molecular weight excluding hydrogens is 440 g/mol. The molecule has 0 saturated heterocycles. The van der Waals surface area contributed by atoms with E-state index < -0.39 is 15.9 Å². The molecule has 174 valence electrons. The van der Waals surface area contributed by atoms with Gasteiger partial charge in [0.1, 0.15) is 6.54 Å². The first-order valence-electron chi connectivity index (χ1n) is 10.4. The lowest BCUT2D eigenvalue weighted by molar-refractivity contribution is -0.120. The summed E-state index contributed by atoms with van der Waals surface area (Å²) >= 11 is 0. The molecule has 7 nitrogen and oxygen atoms in total. The highest BCUT2D eigenvalue weighted by molar-refractivity contribution is 7.92. The number of hydrogen-bond acceptors (Lipinski definition) is 5. The number of aryl methyl sites for hydroxylation is 1. The minimum Gasteiger partial charge on any atom is -0.493 e. The molecule has 1 atom stereocenters. The summed E-state index contributed by atoms with van der Waals surface area (Å²) < 4.78 is 38.8. The number of carbonyl (C=O) groups excluding carboxylic acids is 1. The van der Waals surface area contributed by atoms with Crippen LogP contribution in [0.2, 0.25) is 0 Å². The van der Waals surface area contributed by atoms with E-state index in [0.29, 0.717) is 11.4 Å². The molecule has 0 fully saturated rings. The van der Waals surface area contributed by atoms with Gasteiger partial charge in [0.05, 0.1) is 30.8 Å². The largest absolute Gasteiger partial charge is 0.493 e. The van der Waals surface area contributed by atoms with Gasteiger partial charge in [-0.05, 0) is 43.7 Å². The Morgan fingerprint density at radius 1 is 0.939 bits per heavy atom. The van der Waals surface area contributed by atoms with Crippen LogP contribution in [0.15, 0.2) is 77.7 Å². The number of ether oxygens (including phenoxy) is 2. The van der Waals surface area contributed by atoms with Crippen molar-refractivity contribution in [2.75, 3.05) is 25.1 Å². The smallest absolute Gasteiger partial charge is 0.264 e. The number of amides is 1. The predicted octanol–water partition coefficient (Wildman–Crippen LogP) is 4.08. The topological polar surface area (TPSA) is 84.9 Å². The van der Waals surface area contributed by atoms with Crippen molar-refractivity contribution in [3.8, 4) is 11.5 Å². The maximum Gasteiger partial charge on any atom is 0.264 e. The summed E-state index contributed by atoms with van der Waals surface area (Å²) in [6, 6.07) is 20.5. The number of methoxy groups -OCH3 is 2. The zero-order valence-corrected chi connectivity index (χ0v) is 19.9. The molecule has 3 rings (SSSR count). The molecule has 0 aliphatic rings. The minimum atomic E-state index is -4.08. The summed E-state index contributed by atoms with van der Waals surface area (Å²) in [6.45, 7) is 3.38. The summed E-state index contributed by atoms with van der Waals surface area (Å²) in [5.74, 6) is 0.272. The summed E-state index contributed by atoms with van der Waals surface area (Å²) in [5, 5.41) is 2.88. The van der Waals surface area contributed by atoms with Gasteiger partial charge in [0.15, 0.2) is 11.5 Å². The summed E-state index contributed by atoms with van der Waals surface area (Å²) in [4.78, 5) is 12.9. The fourth-order valence-corrected chi connectivity index (χ4v) is 4.81. The summed E-state index contributed by atoms with van der Waals surface area (Å²) in [5.41, 5.74) is 2.29. The fraction of sp³-hybridized carbons (Fsp3) is 0.240. The highest BCUT2D eigenvalue weighted by atomic mass is 32.2. The molecule has 8 heteroatoms. The van der Waals surface area contributed by atoms with E-state index in [9.17, 15) is 13.2 Å². The van der Waals surface area contributed by atoms with Crippen LogP contribution in [-0.2, 0) is 14.8 Å². The lowest BCUT2D eigenvalue weighted by atomic mass is 10.1. The lowest BCUT2D eigenvalue weighted by Crippen LogP contribution is -2.41. The fourth-order valence-electron chi connectivity index (χ4n) is 3.37. The van der Waals surface area contributed by atoms with Gasteiger partial charge in [-0.25, -0.2) is 8.42 Å². The van der Waals surface area contributed by atoms with Crippen molar-refractivity contribution >= 4 is 21.6 Å². The zero-order valence-electron chi connectivity index (χ0n) is 19.1. The number of carbonyl (C=O) groups is 1. The molecule has 0 aliphatic carbocycles. The number of hydrogen-bond donors (Lipinski definition) is 1. The average molecular weight is 469 g/mol. The second-order valence-corrected chi connectivity index (χ2v) is 9.43. The van der Waals surface area contributed by atoms with Crippen LogP contribution in [0.4, 0.5) is 5.69 Å². The van der Waals surface area contributed by atoms with Crippen LogP contribution in [0.1, 0.15) is 24.1 Å². The van der Waals surface area contributed by atoms with Crippen molar-refractivity contribution in [3.05, 3.63) is 83.9 Å². The Morgan fingerprint density at radius 3 is 2.18 bits per heavy atom. The summed E-state index contributed by atoms with van der Waals surface area (Å²) in [6.07, 6.45) is 0. The average Bonchev–Trinajstić information content (AvgIpc) is 2.83. The minimum absolute atomic E-state index is 0.00960. The van der Waals surface area contributed by atoms with Crippen LogP contribution < -0.4 is 19.1 Å². The Labute approximate surface area is 195 Å². The number of nitrogens with one attached hydrogen (secondary N) is 1. The molecule has 1 N–H and O–H groups in total. The number of benzene rings is 3. The number of anilines is 1. The quantitative estimate of drug-likeness (QED) is 0.511. The van der Waals surface area contributed by atoms with Gasteiger partial charge in [-0.1, -0.05) is 48.0 Å². The van der Waals surface area contributed by atoms with Crippen LogP contribution in [0, 0.1) is 6.92 Å². The third-order valence-electron chi connectivity index (χ3n) is 5.23. The molecule has 0 aromatic heterocycles. The maximum atomic E-state index is 13.6. The molecule has 0 heterocycles. The van der Waals surface area contributed by atoms with Gasteiger partial charge in [0, 0.05) is 6.07 Å². The van der Waals surface area contributed by atoms with E-state index in [0.717, 1.165) is 15.4 Å². The van der Waals surface area contributed by atoms with Crippen LogP contribution in [0.25, 0.3) is 0 Å². The van der Waals surface area contributed by atoms with Crippen molar-refractivity contribution in [2.24, 2.45) is 0 Å². The molecule has 0 saturated carbocycles. The van der Waals surface area contributed by atoms with E-state index in [1.165, 1.54) is 32.4 Å². The molecule has 3 aromatic carbocycles. The molecule has 0 aliphatic heterocycles. The number of rotatable bonds is 9. The van der Waals surface area contributed by atoms with E-state index in [2.05, 4.69) is 5.32 Å². The molecule has 3 aromatic rings. The number of sulfonamides is 1. The van der Waals surface area contributed by atoms with Crippen LogP contribution in [-0.4, -0.2) is 35.1 Å². The van der Waals surface area contributed by atoms with E-state index in [-0.39, 0.29) is 23.2 Å². The first-order valence-corrected chi connectivity index (χ1v) is 11.9. The van der Waals surface area contributed by atoms with E-state index in [1.54, 1.807) is 24.3 Å². The van der Waals surface area contributed by atoms with E-state index in [1.807, 2.05) is 44.2 Å². The Kier molecular flexibility index (Phi) is 7.60. The van der Waals surface area contributed by atoms with Gasteiger partial charge in [-0.3, -0.25) is 9.10 Å². The Hall–Kier alpha value is -3.52. The normalized spacial score (nSPS) is 12.0. The highest BCUT2D eigenvalue weighted by Gasteiger charge is 2.28.